The molecule has 2 aromatic rings. The molecule has 4 nitrogen and oxygen atoms in total. The van der Waals surface area contributed by atoms with Gasteiger partial charge >= 0.3 is 0 Å². The number of alkyl halides is 1. The Morgan fingerprint density at radius 1 is 1.50 bits per heavy atom. The first-order valence-electron chi connectivity index (χ1n) is 7.32. The number of halogens is 1. The number of fused-ring (bicyclic) bond motifs is 1. The molecule has 1 atom stereocenters. The molecule has 24 heavy (non-hydrogen) atoms. The van der Waals surface area contributed by atoms with Crippen LogP contribution in [0, 0.1) is 12.3 Å². The molecule has 1 amide bonds. The van der Waals surface area contributed by atoms with Crippen LogP contribution in [0.15, 0.2) is 30.5 Å². The lowest BCUT2D eigenvalue weighted by atomic mass is 10.1. The Balaban J connectivity index is 2.20. The maximum atomic E-state index is 12.9. The van der Waals surface area contributed by atoms with Crippen molar-refractivity contribution >= 4 is 28.6 Å². The van der Waals surface area contributed by atoms with E-state index in [1.54, 1.807) is 44.5 Å². The number of amides is 1. The third kappa shape index (κ3) is 4.39. The highest BCUT2D eigenvalue weighted by Crippen LogP contribution is 2.23. The van der Waals surface area contributed by atoms with Crippen molar-refractivity contribution in [3.63, 3.8) is 0 Å². The van der Waals surface area contributed by atoms with Crippen molar-refractivity contribution in [2.75, 3.05) is 12.9 Å². The second kappa shape index (κ2) is 7.54. The normalized spacial score (nSPS) is 12.5. The van der Waals surface area contributed by atoms with Gasteiger partial charge in [-0.3, -0.25) is 9.78 Å². The molecule has 0 spiro atoms. The molecule has 1 aromatic carbocycles. The molecule has 0 aliphatic carbocycles. The van der Waals surface area contributed by atoms with Crippen LogP contribution in [0.4, 0.5) is 4.39 Å². The molecule has 1 N–H and O–H groups in total. The van der Waals surface area contributed by atoms with Crippen molar-refractivity contribution < 1.29 is 13.9 Å². The van der Waals surface area contributed by atoms with Gasteiger partial charge in [0.05, 0.1) is 11.1 Å². The molecular weight excluding hydrogens is 327 g/mol. The third-order valence-corrected chi connectivity index (χ3v) is 4.02. The Bertz CT molecular complexity index is 786. The fourth-order valence-electron chi connectivity index (χ4n) is 2.02. The SMILES string of the molecule is C#Cc1cnc2ccc(OC(SC)C(=O)NC(C)(C)CF)cc2c1. The molecule has 0 radical (unpaired) electrons. The first-order valence-corrected chi connectivity index (χ1v) is 8.61. The number of pyridine rings is 1. The van der Waals surface area contributed by atoms with E-state index in [0.717, 1.165) is 10.9 Å². The van der Waals surface area contributed by atoms with Crippen LogP contribution in [-0.2, 0) is 4.79 Å². The van der Waals surface area contributed by atoms with Crippen LogP contribution >= 0.6 is 11.8 Å². The van der Waals surface area contributed by atoms with Crippen LogP contribution in [0.3, 0.4) is 0 Å². The van der Waals surface area contributed by atoms with Gasteiger partial charge in [0.25, 0.3) is 5.91 Å². The van der Waals surface area contributed by atoms with Gasteiger partial charge in [0.1, 0.15) is 12.4 Å². The minimum atomic E-state index is -0.927. The van der Waals surface area contributed by atoms with Gasteiger partial charge in [-0.15, -0.1) is 18.2 Å². The lowest BCUT2D eigenvalue weighted by Gasteiger charge is -2.25. The van der Waals surface area contributed by atoms with Gasteiger partial charge in [-0.1, -0.05) is 5.92 Å². The van der Waals surface area contributed by atoms with Crippen LogP contribution in [-0.4, -0.2) is 34.8 Å². The molecule has 1 aromatic heterocycles. The van der Waals surface area contributed by atoms with Crippen molar-refractivity contribution in [2.45, 2.75) is 24.8 Å². The number of ether oxygens (including phenoxy) is 1. The van der Waals surface area contributed by atoms with E-state index in [2.05, 4.69) is 16.2 Å². The summed E-state index contributed by atoms with van der Waals surface area (Å²) in [5.74, 6) is 2.68. The molecule has 0 bridgehead atoms. The number of carbonyl (C=O) groups excluding carboxylic acids is 1. The van der Waals surface area contributed by atoms with Gasteiger partial charge < -0.3 is 10.1 Å². The zero-order chi connectivity index (χ0) is 17.7. The number of nitrogens with zero attached hydrogens (tertiary/aromatic N) is 1. The molecule has 0 aliphatic rings. The van der Waals surface area contributed by atoms with Gasteiger partial charge in [0.2, 0.25) is 5.44 Å². The minimum absolute atomic E-state index is 0.374. The topological polar surface area (TPSA) is 51.2 Å². The number of benzene rings is 1. The molecule has 2 rings (SSSR count). The zero-order valence-electron chi connectivity index (χ0n) is 13.8. The number of terminal acetylenes is 1. The summed E-state index contributed by atoms with van der Waals surface area (Å²) in [4.78, 5) is 16.5. The van der Waals surface area contributed by atoms with Gasteiger partial charge in [0, 0.05) is 17.1 Å². The van der Waals surface area contributed by atoms with Gasteiger partial charge in [-0.25, -0.2) is 4.39 Å². The monoisotopic (exact) mass is 346 g/mol. The molecule has 0 saturated carbocycles. The number of hydrogen-bond acceptors (Lipinski definition) is 4. The van der Waals surface area contributed by atoms with Crippen molar-refractivity contribution in [2.24, 2.45) is 0 Å². The Kier molecular flexibility index (Phi) is 5.68. The van der Waals surface area contributed by atoms with Crippen LogP contribution in [0.1, 0.15) is 19.4 Å². The van der Waals surface area contributed by atoms with Crippen LogP contribution in [0.2, 0.25) is 0 Å². The van der Waals surface area contributed by atoms with Crippen LogP contribution < -0.4 is 10.1 Å². The predicted molar refractivity (Wildman–Crippen MR) is 95.8 cm³/mol. The van der Waals surface area contributed by atoms with E-state index in [1.165, 1.54) is 11.8 Å². The quantitative estimate of drug-likeness (QED) is 0.645. The Labute approximate surface area is 145 Å². The first-order chi connectivity index (χ1) is 11.4. The second-order valence-corrected chi connectivity index (χ2v) is 6.81. The highest BCUT2D eigenvalue weighted by Gasteiger charge is 2.26. The summed E-state index contributed by atoms with van der Waals surface area (Å²) in [6.45, 7) is 2.58. The first kappa shape index (κ1) is 18.1. The summed E-state index contributed by atoms with van der Waals surface area (Å²) in [7, 11) is 0. The summed E-state index contributed by atoms with van der Waals surface area (Å²) < 4.78 is 18.6. The molecule has 1 unspecified atom stereocenters. The number of hydrogen-bond donors (Lipinski definition) is 1. The molecular formula is C18H19FN2O2S. The highest BCUT2D eigenvalue weighted by atomic mass is 32.2. The van der Waals surface area contributed by atoms with E-state index < -0.39 is 17.6 Å². The molecule has 0 fully saturated rings. The van der Waals surface area contributed by atoms with Crippen LogP contribution in [0.5, 0.6) is 5.75 Å². The van der Waals surface area contributed by atoms with Crippen molar-refractivity contribution in [3.8, 4) is 18.1 Å². The van der Waals surface area contributed by atoms with E-state index >= 15 is 0 Å². The number of aromatic nitrogens is 1. The fraction of sp³-hybridized carbons (Fsp3) is 0.333. The highest BCUT2D eigenvalue weighted by molar-refractivity contribution is 7.99. The van der Waals surface area contributed by atoms with Gasteiger partial charge in [0.15, 0.2) is 0 Å². The summed E-state index contributed by atoms with van der Waals surface area (Å²) in [6.07, 6.45) is 8.77. The summed E-state index contributed by atoms with van der Waals surface area (Å²) in [6, 6.07) is 7.14. The van der Waals surface area contributed by atoms with E-state index in [9.17, 15) is 9.18 Å². The van der Waals surface area contributed by atoms with Crippen molar-refractivity contribution in [3.05, 3.63) is 36.0 Å². The smallest absolute Gasteiger partial charge is 0.272 e. The fourth-order valence-corrected chi connectivity index (χ4v) is 2.50. The maximum Gasteiger partial charge on any atom is 0.272 e. The lowest BCUT2D eigenvalue weighted by Crippen LogP contribution is -2.49. The Hall–Kier alpha value is -2.26. The Morgan fingerprint density at radius 2 is 2.25 bits per heavy atom. The number of nitrogens with one attached hydrogen (secondary N) is 1. The second-order valence-electron chi connectivity index (χ2n) is 5.92. The lowest BCUT2D eigenvalue weighted by molar-refractivity contribution is -0.126. The number of thioether (sulfide) groups is 1. The maximum absolute atomic E-state index is 12.9. The van der Waals surface area contributed by atoms with Gasteiger partial charge in [-0.2, -0.15) is 0 Å². The molecule has 6 heteroatoms. The molecule has 1 heterocycles. The minimum Gasteiger partial charge on any atom is -0.470 e. The van der Waals surface area contributed by atoms with E-state index in [-0.39, 0.29) is 5.91 Å². The largest absolute Gasteiger partial charge is 0.470 e. The molecule has 126 valence electrons. The zero-order valence-corrected chi connectivity index (χ0v) is 14.6. The van der Waals surface area contributed by atoms with Gasteiger partial charge in [-0.05, 0) is 44.4 Å². The summed E-state index contributed by atoms with van der Waals surface area (Å²) in [5.41, 5.74) is -0.255. The summed E-state index contributed by atoms with van der Waals surface area (Å²) >= 11 is 1.23. The van der Waals surface area contributed by atoms with Crippen LogP contribution in [0.25, 0.3) is 10.9 Å². The number of rotatable bonds is 6. The average molecular weight is 346 g/mol. The van der Waals surface area contributed by atoms with Crippen molar-refractivity contribution in [1.29, 1.82) is 0 Å². The van der Waals surface area contributed by atoms with E-state index in [4.69, 9.17) is 11.2 Å². The number of carbonyl (C=O) groups is 1. The molecule has 0 saturated heterocycles. The molecule has 0 aliphatic heterocycles. The predicted octanol–water partition coefficient (Wildman–Crippen LogP) is 3.15. The van der Waals surface area contributed by atoms with E-state index in [0.29, 0.717) is 11.3 Å². The summed E-state index contributed by atoms with van der Waals surface area (Å²) in [5, 5.41) is 3.46. The average Bonchev–Trinajstić information content (AvgIpc) is 2.58. The Morgan fingerprint density at radius 3 is 2.88 bits per heavy atom. The standard InChI is InChI=1S/C18H19FN2O2S/c1-5-12-8-13-9-14(6-7-15(13)20-10-12)23-17(24-4)16(22)21-18(2,3)11-19/h1,6-10,17H,11H2,2-4H3,(H,21,22). The van der Waals surface area contributed by atoms with Crippen molar-refractivity contribution in [1.82, 2.24) is 10.3 Å². The van der Waals surface area contributed by atoms with E-state index in [1.807, 2.05) is 6.07 Å². The third-order valence-electron chi connectivity index (χ3n) is 3.29.